The van der Waals surface area contributed by atoms with Gasteiger partial charge in [-0.3, -0.25) is 9.80 Å². The molecule has 0 unspecified atom stereocenters. The molecule has 4 rings (SSSR count). The van der Waals surface area contributed by atoms with E-state index in [1.54, 1.807) is 0 Å². The van der Waals surface area contributed by atoms with Crippen LogP contribution in [0.4, 0.5) is 0 Å². The first-order valence-electron chi connectivity index (χ1n) is 15.3. The van der Waals surface area contributed by atoms with Crippen molar-refractivity contribution in [2.45, 2.75) is 153 Å². The Balaban J connectivity index is 1.19. The van der Waals surface area contributed by atoms with Gasteiger partial charge < -0.3 is 10.6 Å². The van der Waals surface area contributed by atoms with Crippen molar-refractivity contribution in [2.75, 3.05) is 26.2 Å². The lowest BCUT2D eigenvalue weighted by Crippen LogP contribution is -2.51. The van der Waals surface area contributed by atoms with E-state index in [4.69, 9.17) is 12.2 Å². The van der Waals surface area contributed by atoms with Crippen LogP contribution in [0.5, 0.6) is 0 Å². The highest BCUT2D eigenvalue weighted by Gasteiger charge is 2.29. The van der Waals surface area contributed by atoms with Crippen LogP contribution in [0.1, 0.15) is 128 Å². The Morgan fingerprint density at radius 3 is 1.00 bits per heavy atom. The number of thiocarbonyl (C=S) groups is 1. The van der Waals surface area contributed by atoms with Crippen molar-refractivity contribution in [3.63, 3.8) is 0 Å². The summed E-state index contributed by atoms with van der Waals surface area (Å²) in [4.78, 5) is 5.78. The second-order valence-electron chi connectivity index (χ2n) is 11.8. The third-order valence-electron chi connectivity index (χ3n) is 9.49. The van der Waals surface area contributed by atoms with Gasteiger partial charge in [-0.2, -0.15) is 0 Å². The second-order valence-corrected chi connectivity index (χ2v) is 12.2. The highest BCUT2D eigenvalue weighted by atomic mass is 32.1. The SMILES string of the molecule is S=C(NCCN(C1CCCCC1)C1CCCCC1)NCCN(C1CCCCC1)C1CCCCC1. The van der Waals surface area contributed by atoms with Crippen molar-refractivity contribution < 1.29 is 0 Å². The molecular formula is C29H54N4S. The Bertz CT molecular complexity index is 476. The van der Waals surface area contributed by atoms with Crippen molar-refractivity contribution >= 4 is 17.3 Å². The molecule has 4 nitrogen and oxygen atoms in total. The lowest BCUT2D eigenvalue weighted by Gasteiger charge is -2.42. The van der Waals surface area contributed by atoms with Gasteiger partial charge in [0, 0.05) is 50.3 Å². The largest absolute Gasteiger partial charge is 0.361 e. The third-order valence-corrected chi connectivity index (χ3v) is 9.77. The summed E-state index contributed by atoms with van der Waals surface area (Å²) in [5, 5.41) is 8.04. The molecular weight excluding hydrogens is 436 g/mol. The van der Waals surface area contributed by atoms with Gasteiger partial charge in [-0.05, 0) is 63.6 Å². The first-order valence-corrected chi connectivity index (χ1v) is 15.8. The molecule has 0 amide bonds. The minimum absolute atomic E-state index is 0.819. The van der Waals surface area contributed by atoms with Gasteiger partial charge in [0.1, 0.15) is 0 Å². The molecule has 0 aliphatic heterocycles. The molecule has 0 bridgehead atoms. The van der Waals surface area contributed by atoms with Crippen molar-refractivity contribution in [3.05, 3.63) is 0 Å². The van der Waals surface area contributed by atoms with E-state index in [0.29, 0.717) is 0 Å². The van der Waals surface area contributed by atoms with Gasteiger partial charge in [0.25, 0.3) is 0 Å². The number of hydrogen-bond donors (Lipinski definition) is 2. The molecule has 4 aliphatic rings. The summed E-state index contributed by atoms with van der Waals surface area (Å²) in [5.74, 6) is 0. The Labute approximate surface area is 216 Å². The van der Waals surface area contributed by atoms with E-state index in [0.717, 1.165) is 55.5 Å². The maximum Gasteiger partial charge on any atom is 0.166 e. The zero-order valence-corrected chi connectivity index (χ0v) is 22.9. The predicted octanol–water partition coefficient (Wildman–Crippen LogP) is 6.39. The van der Waals surface area contributed by atoms with Crippen LogP contribution in [-0.4, -0.2) is 65.3 Å². The molecule has 2 N–H and O–H groups in total. The summed E-state index contributed by atoms with van der Waals surface area (Å²) >= 11 is 5.72. The summed E-state index contributed by atoms with van der Waals surface area (Å²) in [6.45, 7) is 4.31. The lowest BCUT2D eigenvalue weighted by atomic mass is 9.88. The van der Waals surface area contributed by atoms with Crippen LogP contribution in [0.2, 0.25) is 0 Å². The molecule has 0 radical (unpaired) electrons. The average molecular weight is 491 g/mol. The van der Waals surface area contributed by atoms with Crippen LogP contribution in [0.15, 0.2) is 0 Å². The molecule has 0 saturated heterocycles. The maximum atomic E-state index is 5.72. The van der Waals surface area contributed by atoms with Gasteiger partial charge in [-0.1, -0.05) is 77.0 Å². The highest BCUT2D eigenvalue weighted by molar-refractivity contribution is 7.80. The number of rotatable bonds is 10. The van der Waals surface area contributed by atoms with Crippen molar-refractivity contribution in [3.8, 4) is 0 Å². The number of hydrogen-bond acceptors (Lipinski definition) is 3. The van der Waals surface area contributed by atoms with E-state index in [2.05, 4.69) is 20.4 Å². The van der Waals surface area contributed by atoms with Crippen LogP contribution in [-0.2, 0) is 0 Å². The number of nitrogens with one attached hydrogen (secondary N) is 2. The van der Waals surface area contributed by atoms with Crippen LogP contribution < -0.4 is 10.6 Å². The molecule has 0 aromatic carbocycles. The van der Waals surface area contributed by atoms with E-state index >= 15 is 0 Å². The second kappa shape index (κ2) is 15.0. The van der Waals surface area contributed by atoms with Gasteiger partial charge in [-0.25, -0.2) is 0 Å². The summed E-state index contributed by atoms with van der Waals surface area (Å²) in [7, 11) is 0. The third kappa shape index (κ3) is 8.34. The van der Waals surface area contributed by atoms with Crippen LogP contribution >= 0.6 is 12.2 Å². The monoisotopic (exact) mass is 490 g/mol. The van der Waals surface area contributed by atoms with E-state index in [1.165, 1.54) is 128 Å². The van der Waals surface area contributed by atoms with Gasteiger partial charge in [0.15, 0.2) is 5.11 Å². The summed E-state index contributed by atoms with van der Waals surface area (Å²) in [6, 6.07) is 3.28. The molecule has 0 atom stereocenters. The smallest absolute Gasteiger partial charge is 0.166 e. The minimum atomic E-state index is 0.819. The molecule has 4 aliphatic carbocycles. The Kier molecular flexibility index (Phi) is 11.8. The fourth-order valence-electron chi connectivity index (χ4n) is 7.64. The van der Waals surface area contributed by atoms with E-state index in [1.807, 2.05) is 0 Å². The van der Waals surface area contributed by atoms with Crippen molar-refractivity contribution in [2.24, 2.45) is 0 Å². The number of nitrogens with zero attached hydrogens (tertiary/aromatic N) is 2. The van der Waals surface area contributed by atoms with Gasteiger partial charge in [-0.15, -0.1) is 0 Å². The summed E-state index contributed by atoms with van der Waals surface area (Å²) < 4.78 is 0. The zero-order chi connectivity index (χ0) is 23.4. The Morgan fingerprint density at radius 1 is 0.471 bits per heavy atom. The minimum Gasteiger partial charge on any atom is -0.361 e. The quantitative estimate of drug-likeness (QED) is 0.347. The zero-order valence-electron chi connectivity index (χ0n) is 22.1. The van der Waals surface area contributed by atoms with E-state index in [9.17, 15) is 0 Å². The standard InChI is InChI=1S/C29H54N4S/c34-29(30-21-23-32(25-13-5-1-6-14-25)26-15-7-2-8-16-26)31-22-24-33(27-17-9-3-10-18-27)28-19-11-4-12-20-28/h25-28H,1-24H2,(H2,30,31,34). The van der Waals surface area contributed by atoms with Crippen LogP contribution in [0.3, 0.4) is 0 Å². The molecule has 0 aromatic heterocycles. The van der Waals surface area contributed by atoms with Crippen LogP contribution in [0, 0.1) is 0 Å². The van der Waals surface area contributed by atoms with Crippen molar-refractivity contribution in [1.29, 1.82) is 0 Å². The van der Waals surface area contributed by atoms with Crippen molar-refractivity contribution in [1.82, 2.24) is 20.4 Å². The molecule has 4 fully saturated rings. The highest BCUT2D eigenvalue weighted by Crippen LogP contribution is 2.31. The predicted molar refractivity (Wildman–Crippen MR) is 150 cm³/mol. The van der Waals surface area contributed by atoms with Gasteiger partial charge in [0.2, 0.25) is 0 Å². The average Bonchev–Trinajstić information content (AvgIpc) is 2.91. The van der Waals surface area contributed by atoms with Gasteiger partial charge in [0.05, 0.1) is 0 Å². The Hall–Kier alpha value is -0.390. The first-order chi connectivity index (χ1) is 16.8. The van der Waals surface area contributed by atoms with Crippen LogP contribution in [0.25, 0.3) is 0 Å². The first kappa shape index (κ1) is 26.7. The topological polar surface area (TPSA) is 30.5 Å². The fraction of sp³-hybridized carbons (Fsp3) is 0.966. The molecule has 4 saturated carbocycles. The summed E-state index contributed by atoms with van der Waals surface area (Å²) in [5.41, 5.74) is 0. The lowest BCUT2D eigenvalue weighted by molar-refractivity contribution is 0.0822. The summed E-state index contributed by atoms with van der Waals surface area (Å²) in [6.07, 6.45) is 28.5. The van der Waals surface area contributed by atoms with E-state index < -0.39 is 0 Å². The molecule has 196 valence electrons. The molecule has 0 aromatic rings. The van der Waals surface area contributed by atoms with Gasteiger partial charge >= 0.3 is 0 Å². The molecule has 5 heteroatoms. The molecule has 0 heterocycles. The maximum absolute atomic E-state index is 5.72. The van der Waals surface area contributed by atoms with E-state index in [-0.39, 0.29) is 0 Å². The fourth-order valence-corrected chi connectivity index (χ4v) is 7.84. The normalized spacial score (nSPS) is 24.5. The Morgan fingerprint density at radius 2 is 0.735 bits per heavy atom. The molecule has 34 heavy (non-hydrogen) atoms. The molecule has 0 spiro atoms.